The van der Waals surface area contributed by atoms with Gasteiger partial charge < -0.3 is 10.4 Å². The molecule has 7 nitrogen and oxygen atoms in total. The molecule has 1 aliphatic heterocycles. The van der Waals surface area contributed by atoms with Crippen molar-refractivity contribution >= 4 is 33.4 Å². The van der Waals surface area contributed by atoms with E-state index in [0.29, 0.717) is 14.9 Å². The third-order valence-corrected chi connectivity index (χ3v) is 6.30. The number of hydrogen-bond donors (Lipinski definition) is 2. The van der Waals surface area contributed by atoms with Crippen LogP contribution >= 0.6 is 11.6 Å². The maximum absolute atomic E-state index is 12.9. The third-order valence-electron chi connectivity index (χ3n) is 4.29. The van der Waals surface area contributed by atoms with E-state index in [1.54, 1.807) is 18.2 Å². The second-order valence-corrected chi connectivity index (χ2v) is 8.44. The van der Waals surface area contributed by atoms with Gasteiger partial charge in [-0.3, -0.25) is 9.59 Å². The molecule has 0 aliphatic carbocycles. The maximum Gasteiger partial charge on any atom is 0.266 e. The molecule has 142 valence electrons. The van der Waals surface area contributed by atoms with E-state index in [4.69, 9.17) is 11.6 Å². The number of hydrogen-bond acceptors (Lipinski definition) is 5. The molecule has 1 aliphatic rings. The molecule has 2 aromatic rings. The molecule has 1 unspecified atom stereocenters. The third kappa shape index (κ3) is 4.06. The standard InChI is InChI=1S/C18H17ClN2O5S/c19-14-5-7-15(8-6-14)27(25,26)21-11-17(23)20-10-13(18(21)24)9-12-3-1-2-4-16(12)22/h1-8,13,22H,9-11H2,(H,20,23). The summed E-state index contributed by atoms with van der Waals surface area (Å²) in [5.41, 5.74) is 0.496. The Morgan fingerprint density at radius 2 is 1.78 bits per heavy atom. The molecule has 3 rings (SSSR count). The predicted molar refractivity (Wildman–Crippen MR) is 98.7 cm³/mol. The molecule has 0 spiro atoms. The topological polar surface area (TPSA) is 104 Å². The minimum atomic E-state index is -4.22. The van der Waals surface area contributed by atoms with Crippen molar-refractivity contribution in [2.75, 3.05) is 13.1 Å². The second kappa shape index (κ2) is 7.58. The van der Waals surface area contributed by atoms with E-state index in [-0.39, 0.29) is 23.6 Å². The van der Waals surface area contributed by atoms with Gasteiger partial charge in [-0.05, 0) is 42.3 Å². The zero-order valence-electron chi connectivity index (χ0n) is 14.1. The molecule has 2 amide bonds. The fourth-order valence-electron chi connectivity index (χ4n) is 2.84. The number of aromatic hydroxyl groups is 1. The van der Waals surface area contributed by atoms with Gasteiger partial charge in [0, 0.05) is 11.6 Å². The molecule has 2 aromatic carbocycles. The molecule has 9 heteroatoms. The van der Waals surface area contributed by atoms with Crippen LogP contribution in [0.2, 0.25) is 5.02 Å². The molecular formula is C18H17ClN2O5S. The van der Waals surface area contributed by atoms with Gasteiger partial charge in [-0.15, -0.1) is 0 Å². The predicted octanol–water partition coefficient (Wildman–Crippen LogP) is 1.55. The Hall–Kier alpha value is -2.58. The van der Waals surface area contributed by atoms with Gasteiger partial charge in [-0.2, -0.15) is 0 Å². The van der Waals surface area contributed by atoms with Gasteiger partial charge in [0.25, 0.3) is 10.0 Å². The molecule has 1 heterocycles. The zero-order valence-corrected chi connectivity index (χ0v) is 15.7. The van der Waals surface area contributed by atoms with Gasteiger partial charge in [0.1, 0.15) is 12.3 Å². The number of nitrogens with one attached hydrogen (secondary N) is 1. The Morgan fingerprint density at radius 3 is 2.44 bits per heavy atom. The first-order valence-electron chi connectivity index (χ1n) is 8.15. The number of rotatable bonds is 4. The SMILES string of the molecule is O=C1CN(S(=O)(=O)c2ccc(Cl)cc2)C(=O)C(Cc2ccccc2O)CN1. The first-order valence-corrected chi connectivity index (χ1v) is 9.96. The minimum absolute atomic E-state index is 0.00739. The number of carbonyl (C=O) groups is 2. The van der Waals surface area contributed by atoms with Gasteiger partial charge in [0.15, 0.2) is 0 Å². The molecule has 1 atom stereocenters. The van der Waals surface area contributed by atoms with Crippen LogP contribution in [0.1, 0.15) is 5.56 Å². The fraction of sp³-hybridized carbons (Fsp3) is 0.222. The molecule has 0 bridgehead atoms. The van der Waals surface area contributed by atoms with Crippen molar-refractivity contribution in [1.82, 2.24) is 9.62 Å². The molecule has 2 N–H and O–H groups in total. The summed E-state index contributed by atoms with van der Waals surface area (Å²) in [5, 5.41) is 12.8. The van der Waals surface area contributed by atoms with Crippen LogP contribution in [-0.4, -0.2) is 42.7 Å². The molecule has 0 saturated carbocycles. The van der Waals surface area contributed by atoms with Crippen LogP contribution in [-0.2, 0) is 26.0 Å². The summed E-state index contributed by atoms with van der Waals surface area (Å²) in [7, 11) is -4.22. The lowest BCUT2D eigenvalue weighted by atomic mass is 9.98. The smallest absolute Gasteiger partial charge is 0.266 e. The van der Waals surface area contributed by atoms with Crippen LogP contribution in [0.25, 0.3) is 0 Å². The van der Waals surface area contributed by atoms with Crippen molar-refractivity contribution in [3.05, 3.63) is 59.1 Å². The highest BCUT2D eigenvalue weighted by molar-refractivity contribution is 7.89. The largest absolute Gasteiger partial charge is 0.508 e. The lowest BCUT2D eigenvalue weighted by Crippen LogP contribution is -2.42. The molecule has 0 radical (unpaired) electrons. The van der Waals surface area contributed by atoms with Gasteiger partial charge in [-0.25, -0.2) is 12.7 Å². The fourth-order valence-corrected chi connectivity index (χ4v) is 4.37. The monoisotopic (exact) mass is 408 g/mol. The number of carbonyl (C=O) groups excluding carboxylic acids is 2. The Labute approximate surface area is 161 Å². The Kier molecular flexibility index (Phi) is 5.38. The van der Waals surface area contributed by atoms with Crippen molar-refractivity contribution in [3.63, 3.8) is 0 Å². The van der Waals surface area contributed by atoms with Gasteiger partial charge in [0.2, 0.25) is 11.8 Å². The van der Waals surface area contributed by atoms with Crippen molar-refractivity contribution in [1.29, 1.82) is 0 Å². The first-order chi connectivity index (χ1) is 12.8. The van der Waals surface area contributed by atoms with E-state index in [1.165, 1.54) is 30.3 Å². The minimum Gasteiger partial charge on any atom is -0.508 e. The lowest BCUT2D eigenvalue weighted by molar-refractivity contribution is -0.131. The van der Waals surface area contributed by atoms with E-state index in [1.807, 2.05) is 0 Å². The summed E-state index contributed by atoms with van der Waals surface area (Å²) in [6.45, 7) is -0.611. The maximum atomic E-state index is 12.9. The normalized spacial score (nSPS) is 18.1. The van der Waals surface area contributed by atoms with Crippen LogP contribution < -0.4 is 5.32 Å². The van der Waals surface area contributed by atoms with E-state index in [9.17, 15) is 23.1 Å². The molecule has 0 aromatic heterocycles. The summed E-state index contributed by atoms with van der Waals surface area (Å²) < 4.78 is 26.4. The van der Waals surface area contributed by atoms with E-state index >= 15 is 0 Å². The van der Waals surface area contributed by atoms with Crippen LogP contribution in [0.5, 0.6) is 5.75 Å². The number of benzene rings is 2. The molecular weight excluding hydrogens is 392 g/mol. The van der Waals surface area contributed by atoms with Crippen molar-refractivity contribution in [2.24, 2.45) is 5.92 Å². The van der Waals surface area contributed by atoms with Crippen molar-refractivity contribution < 1.29 is 23.1 Å². The molecule has 1 saturated heterocycles. The Bertz CT molecular complexity index is 976. The number of phenolic OH excluding ortho intramolecular Hbond substituents is 1. The average molecular weight is 409 g/mol. The summed E-state index contributed by atoms with van der Waals surface area (Å²) in [6.07, 6.45) is 0.0957. The van der Waals surface area contributed by atoms with E-state index in [0.717, 1.165) is 0 Å². The highest BCUT2D eigenvalue weighted by atomic mass is 35.5. The lowest BCUT2D eigenvalue weighted by Gasteiger charge is -2.23. The number of halogens is 1. The van der Waals surface area contributed by atoms with Crippen LogP contribution in [0, 0.1) is 5.92 Å². The Balaban J connectivity index is 1.94. The van der Waals surface area contributed by atoms with Gasteiger partial charge >= 0.3 is 0 Å². The van der Waals surface area contributed by atoms with Gasteiger partial charge in [-0.1, -0.05) is 29.8 Å². The van der Waals surface area contributed by atoms with Crippen molar-refractivity contribution in [3.8, 4) is 5.75 Å². The van der Waals surface area contributed by atoms with Crippen molar-refractivity contribution in [2.45, 2.75) is 11.3 Å². The van der Waals surface area contributed by atoms with E-state index in [2.05, 4.69) is 5.32 Å². The van der Waals surface area contributed by atoms with Crippen LogP contribution in [0.15, 0.2) is 53.4 Å². The number of sulfonamides is 1. The highest BCUT2D eigenvalue weighted by Crippen LogP contribution is 2.25. The average Bonchev–Trinajstić information content (AvgIpc) is 2.77. The number of nitrogens with zero attached hydrogens (tertiary/aromatic N) is 1. The van der Waals surface area contributed by atoms with Gasteiger partial charge in [0.05, 0.1) is 10.8 Å². The van der Waals surface area contributed by atoms with Crippen LogP contribution in [0.3, 0.4) is 0 Å². The Morgan fingerprint density at radius 1 is 1.11 bits per heavy atom. The summed E-state index contributed by atoms with van der Waals surface area (Å²) >= 11 is 5.79. The first kappa shape index (κ1) is 19.2. The summed E-state index contributed by atoms with van der Waals surface area (Å²) in [6, 6.07) is 11.8. The number of phenols is 1. The second-order valence-electron chi connectivity index (χ2n) is 6.14. The quantitative estimate of drug-likeness (QED) is 0.798. The number of para-hydroxylation sites is 1. The molecule has 27 heavy (non-hydrogen) atoms. The van der Waals surface area contributed by atoms with Crippen LogP contribution in [0.4, 0.5) is 0 Å². The number of amides is 2. The summed E-state index contributed by atoms with van der Waals surface area (Å²) in [5.74, 6) is -2.09. The zero-order chi connectivity index (χ0) is 19.6. The van der Waals surface area contributed by atoms with E-state index < -0.39 is 34.3 Å². The summed E-state index contributed by atoms with van der Waals surface area (Å²) in [4.78, 5) is 24.8. The highest BCUT2D eigenvalue weighted by Gasteiger charge is 2.38. The molecule has 1 fully saturated rings.